The fourth-order valence-electron chi connectivity index (χ4n) is 1.62. The molecule has 1 fully saturated rings. The average molecular weight is 183 g/mol. The van der Waals surface area contributed by atoms with Gasteiger partial charge in [-0.1, -0.05) is 29.8 Å². The molecule has 0 spiro atoms. The van der Waals surface area contributed by atoms with Gasteiger partial charge in [0.15, 0.2) is 0 Å². The first-order valence-corrected chi connectivity index (χ1v) is 4.59. The Balaban J connectivity index is 2.27. The van der Waals surface area contributed by atoms with Gasteiger partial charge in [-0.25, -0.2) is 0 Å². The summed E-state index contributed by atoms with van der Waals surface area (Å²) in [5.74, 6) is 0.277. The number of aliphatic hydroxyl groups excluding tert-OH is 1. The van der Waals surface area contributed by atoms with Crippen LogP contribution in [0.4, 0.5) is 0 Å². The van der Waals surface area contributed by atoms with Gasteiger partial charge < -0.3 is 5.11 Å². The van der Waals surface area contributed by atoms with Gasteiger partial charge in [-0.3, -0.25) is 0 Å². The van der Waals surface area contributed by atoms with Crippen LogP contribution in [-0.2, 0) is 0 Å². The number of hydrogen-bond donors (Lipinski definition) is 1. The normalized spacial score (nSPS) is 28.2. The molecule has 1 aliphatic rings. The number of rotatable bonds is 1. The van der Waals surface area contributed by atoms with Crippen LogP contribution in [-0.4, -0.2) is 11.2 Å². The van der Waals surface area contributed by atoms with Crippen molar-refractivity contribution in [1.82, 2.24) is 0 Å². The first kappa shape index (κ1) is 8.09. The van der Waals surface area contributed by atoms with Crippen LogP contribution < -0.4 is 0 Å². The van der Waals surface area contributed by atoms with Crippen LogP contribution in [0.25, 0.3) is 0 Å². The van der Waals surface area contributed by atoms with Crippen molar-refractivity contribution in [2.24, 2.45) is 0 Å². The maximum absolute atomic E-state index is 9.43. The molecular weight excluding hydrogens is 172 g/mol. The first-order valence-electron chi connectivity index (χ1n) is 4.21. The highest BCUT2D eigenvalue weighted by atomic mass is 35.5. The number of benzene rings is 1. The van der Waals surface area contributed by atoms with Crippen molar-refractivity contribution in [2.45, 2.75) is 24.9 Å². The summed E-state index contributed by atoms with van der Waals surface area (Å²) in [5, 5.41) is 10.2. The highest BCUT2D eigenvalue weighted by Crippen LogP contribution is 2.39. The van der Waals surface area contributed by atoms with Crippen molar-refractivity contribution in [3.05, 3.63) is 34.9 Å². The van der Waals surface area contributed by atoms with Crippen LogP contribution in [0, 0.1) is 0 Å². The van der Waals surface area contributed by atoms with E-state index in [0.717, 1.165) is 23.4 Å². The maximum atomic E-state index is 9.43. The molecule has 0 aromatic heterocycles. The van der Waals surface area contributed by atoms with Gasteiger partial charge in [-0.05, 0) is 24.5 Å². The van der Waals surface area contributed by atoms with E-state index in [2.05, 4.69) is 0 Å². The summed E-state index contributed by atoms with van der Waals surface area (Å²) in [6.07, 6.45) is 1.80. The summed E-state index contributed by atoms with van der Waals surface area (Å²) in [7, 11) is 0. The van der Waals surface area contributed by atoms with Crippen LogP contribution in [0.3, 0.4) is 0 Å². The van der Waals surface area contributed by atoms with Crippen LogP contribution >= 0.6 is 11.6 Å². The van der Waals surface area contributed by atoms with E-state index >= 15 is 0 Å². The molecule has 0 saturated heterocycles. The topological polar surface area (TPSA) is 20.2 Å². The quantitative estimate of drug-likeness (QED) is 0.708. The second kappa shape index (κ2) is 3.08. The molecule has 1 aromatic carbocycles. The molecule has 1 aliphatic carbocycles. The molecule has 0 radical (unpaired) electrons. The van der Waals surface area contributed by atoms with Crippen molar-refractivity contribution in [2.75, 3.05) is 0 Å². The van der Waals surface area contributed by atoms with Crippen molar-refractivity contribution in [3.63, 3.8) is 0 Å². The zero-order valence-corrected chi connectivity index (χ0v) is 7.46. The molecule has 2 atom stereocenters. The third-order valence-electron chi connectivity index (χ3n) is 2.54. The summed E-state index contributed by atoms with van der Waals surface area (Å²) in [6, 6.07) is 7.75. The predicted molar refractivity (Wildman–Crippen MR) is 49.4 cm³/mol. The summed E-state index contributed by atoms with van der Waals surface area (Å²) in [4.78, 5) is 0. The minimum absolute atomic E-state index is 0.176. The SMILES string of the molecule is O[C@H]1CC[C@@H]1c1ccccc1Cl. The zero-order valence-electron chi connectivity index (χ0n) is 6.70. The summed E-state index contributed by atoms with van der Waals surface area (Å²) < 4.78 is 0. The standard InChI is InChI=1S/C10H11ClO/c11-9-4-2-1-3-7(9)8-5-6-10(8)12/h1-4,8,10,12H,5-6H2/t8-,10+/m1/s1. The Morgan fingerprint density at radius 2 is 2.00 bits per heavy atom. The molecule has 1 aromatic rings. The minimum Gasteiger partial charge on any atom is -0.392 e. The van der Waals surface area contributed by atoms with Crippen molar-refractivity contribution >= 4 is 11.6 Å². The van der Waals surface area contributed by atoms with E-state index in [-0.39, 0.29) is 12.0 Å². The number of aliphatic hydroxyl groups is 1. The molecule has 0 heterocycles. The van der Waals surface area contributed by atoms with Gasteiger partial charge in [0.25, 0.3) is 0 Å². The Bertz CT molecular complexity index is 285. The van der Waals surface area contributed by atoms with E-state index in [1.54, 1.807) is 0 Å². The minimum atomic E-state index is -0.176. The lowest BCUT2D eigenvalue weighted by Gasteiger charge is -2.33. The molecular formula is C10H11ClO. The van der Waals surface area contributed by atoms with Gasteiger partial charge in [0, 0.05) is 10.9 Å². The van der Waals surface area contributed by atoms with Crippen LogP contribution in [0.1, 0.15) is 24.3 Å². The monoisotopic (exact) mass is 182 g/mol. The van der Waals surface area contributed by atoms with Crippen LogP contribution in [0.5, 0.6) is 0 Å². The Labute approximate surface area is 77.0 Å². The first-order chi connectivity index (χ1) is 5.79. The molecule has 0 aliphatic heterocycles. The highest BCUT2D eigenvalue weighted by Gasteiger charge is 2.31. The van der Waals surface area contributed by atoms with Gasteiger partial charge in [-0.15, -0.1) is 0 Å². The highest BCUT2D eigenvalue weighted by molar-refractivity contribution is 6.31. The third kappa shape index (κ3) is 1.23. The fourth-order valence-corrected chi connectivity index (χ4v) is 1.90. The fraction of sp³-hybridized carbons (Fsp3) is 0.400. The average Bonchev–Trinajstić information content (AvgIpc) is 2.06. The molecule has 2 heteroatoms. The lowest BCUT2D eigenvalue weighted by atomic mass is 9.77. The molecule has 0 unspecified atom stereocenters. The van der Waals surface area contributed by atoms with Crippen molar-refractivity contribution in [3.8, 4) is 0 Å². The Morgan fingerprint density at radius 3 is 2.50 bits per heavy atom. The summed E-state index contributed by atoms with van der Waals surface area (Å²) in [5.41, 5.74) is 1.10. The van der Waals surface area contributed by atoms with Crippen LogP contribution in [0.2, 0.25) is 5.02 Å². The van der Waals surface area contributed by atoms with Gasteiger partial charge >= 0.3 is 0 Å². The smallest absolute Gasteiger partial charge is 0.0609 e. The molecule has 0 amide bonds. The molecule has 2 rings (SSSR count). The predicted octanol–water partition coefficient (Wildman–Crippen LogP) is 2.58. The summed E-state index contributed by atoms with van der Waals surface area (Å²) in [6.45, 7) is 0. The van der Waals surface area contributed by atoms with Crippen molar-refractivity contribution in [1.29, 1.82) is 0 Å². The molecule has 12 heavy (non-hydrogen) atoms. The van der Waals surface area contributed by atoms with E-state index in [1.807, 2.05) is 24.3 Å². The lowest BCUT2D eigenvalue weighted by molar-refractivity contribution is 0.0662. The maximum Gasteiger partial charge on any atom is 0.0609 e. The lowest BCUT2D eigenvalue weighted by Crippen LogP contribution is -2.28. The molecule has 64 valence electrons. The largest absolute Gasteiger partial charge is 0.392 e. The van der Waals surface area contributed by atoms with E-state index in [4.69, 9.17) is 11.6 Å². The Kier molecular flexibility index (Phi) is 2.07. The second-order valence-corrected chi connectivity index (χ2v) is 3.68. The van der Waals surface area contributed by atoms with Gasteiger partial charge in [0.1, 0.15) is 0 Å². The van der Waals surface area contributed by atoms with Crippen LogP contribution in [0.15, 0.2) is 24.3 Å². The number of halogens is 1. The van der Waals surface area contributed by atoms with Gasteiger partial charge in [0.2, 0.25) is 0 Å². The molecule has 1 saturated carbocycles. The van der Waals surface area contributed by atoms with E-state index in [0.29, 0.717) is 0 Å². The van der Waals surface area contributed by atoms with Crippen molar-refractivity contribution < 1.29 is 5.11 Å². The zero-order chi connectivity index (χ0) is 8.55. The van der Waals surface area contributed by atoms with E-state index in [1.165, 1.54) is 0 Å². The Hall–Kier alpha value is -0.530. The van der Waals surface area contributed by atoms with E-state index < -0.39 is 0 Å². The molecule has 1 N–H and O–H groups in total. The number of hydrogen-bond acceptors (Lipinski definition) is 1. The Morgan fingerprint density at radius 1 is 1.25 bits per heavy atom. The summed E-state index contributed by atoms with van der Waals surface area (Å²) >= 11 is 5.99. The van der Waals surface area contributed by atoms with E-state index in [9.17, 15) is 5.11 Å². The van der Waals surface area contributed by atoms with Gasteiger partial charge in [-0.2, -0.15) is 0 Å². The van der Waals surface area contributed by atoms with Gasteiger partial charge in [0.05, 0.1) is 6.10 Å². The second-order valence-electron chi connectivity index (χ2n) is 3.27. The molecule has 1 nitrogen and oxygen atoms in total. The molecule has 0 bridgehead atoms. The third-order valence-corrected chi connectivity index (χ3v) is 2.89.